The molecule has 0 saturated carbocycles. The van der Waals surface area contributed by atoms with Gasteiger partial charge in [-0.2, -0.15) is 0 Å². The minimum absolute atomic E-state index is 0.0844. The first-order valence-corrected chi connectivity index (χ1v) is 5.46. The molecule has 0 aliphatic carbocycles. The second-order valence-electron chi connectivity index (χ2n) is 3.91. The molecule has 1 atom stereocenters. The fourth-order valence-corrected chi connectivity index (χ4v) is 1.87. The Balaban J connectivity index is 2.12. The number of para-hydroxylation sites is 2. The van der Waals surface area contributed by atoms with Gasteiger partial charge in [0.05, 0.1) is 11.0 Å². The van der Waals surface area contributed by atoms with E-state index < -0.39 is 4.92 Å². The van der Waals surface area contributed by atoms with Crippen molar-refractivity contribution in [3.05, 3.63) is 34.4 Å². The zero-order valence-corrected chi connectivity index (χ0v) is 9.18. The van der Waals surface area contributed by atoms with E-state index in [-0.39, 0.29) is 23.3 Å². The molecule has 90 valence electrons. The van der Waals surface area contributed by atoms with Crippen molar-refractivity contribution >= 4 is 17.3 Å². The average molecular weight is 235 g/mol. The molecule has 1 fully saturated rings. The average Bonchev–Trinajstić information content (AvgIpc) is 2.83. The lowest BCUT2D eigenvalue weighted by Crippen LogP contribution is -2.35. The lowest BCUT2D eigenvalue weighted by molar-refractivity contribution is -0.383. The van der Waals surface area contributed by atoms with E-state index in [1.165, 1.54) is 12.1 Å². The van der Waals surface area contributed by atoms with E-state index in [2.05, 4.69) is 10.6 Å². The summed E-state index contributed by atoms with van der Waals surface area (Å²) in [7, 11) is 0. The molecule has 17 heavy (non-hydrogen) atoms. The molecule has 6 nitrogen and oxygen atoms in total. The lowest BCUT2D eigenvalue weighted by Gasteiger charge is -2.10. The maximum Gasteiger partial charge on any atom is 0.292 e. The molecule has 1 aliphatic rings. The molecular weight excluding hydrogens is 222 g/mol. The Hall–Kier alpha value is -1.95. The smallest absolute Gasteiger partial charge is 0.292 e. The third-order valence-corrected chi connectivity index (χ3v) is 2.74. The maximum atomic E-state index is 11.8. The first kappa shape index (κ1) is 11.5. The van der Waals surface area contributed by atoms with Crippen LogP contribution in [0, 0.1) is 10.1 Å². The molecule has 0 spiro atoms. The van der Waals surface area contributed by atoms with Crippen molar-refractivity contribution in [3.8, 4) is 0 Å². The molecule has 1 aromatic carbocycles. The number of hydrogen-bond acceptors (Lipinski definition) is 4. The number of nitrogens with zero attached hydrogens (tertiary/aromatic N) is 1. The van der Waals surface area contributed by atoms with Crippen molar-refractivity contribution in [1.29, 1.82) is 0 Å². The third kappa shape index (κ3) is 2.59. The van der Waals surface area contributed by atoms with Crippen LogP contribution in [0.1, 0.15) is 12.8 Å². The van der Waals surface area contributed by atoms with Crippen LogP contribution in [0.15, 0.2) is 24.3 Å². The number of nitro benzene ring substituents is 1. The third-order valence-electron chi connectivity index (χ3n) is 2.74. The molecule has 2 rings (SSSR count). The topological polar surface area (TPSA) is 84.3 Å². The van der Waals surface area contributed by atoms with Crippen LogP contribution in [0.4, 0.5) is 11.4 Å². The number of anilines is 1. The predicted molar refractivity (Wildman–Crippen MR) is 62.8 cm³/mol. The molecular formula is C11H13N3O3. The first-order valence-electron chi connectivity index (χ1n) is 5.46. The van der Waals surface area contributed by atoms with Crippen LogP contribution in [0.3, 0.4) is 0 Å². The highest BCUT2D eigenvalue weighted by molar-refractivity contribution is 5.96. The Labute approximate surface area is 98.2 Å². The molecule has 0 aromatic heterocycles. The normalized spacial score (nSPS) is 18.9. The summed E-state index contributed by atoms with van der Waals surface area (Å²) < 4.78 is 0. The van der Waals surface area contributed by atoms with Gasteiger partial charge in [0.15, 0.2) is 0 Å². The number of nitrogens with one attached hydrogen (secondary N) is 2. The summed E-state index contributed by atoms with van der Waals surface area (Å²) in [6.07, 6.45) is 1.72. The van der Waals surface area contributed by atoms with Gasteiger partial charge < -0.3 is 10.6 Å². The van der Waals surface area contributed by atoms with Crippen LogP contribution in [0.5, 0.6) is 0 Å². The number of carbonyl (C=O) groups excluding carboxylic acids is 1. The summed E-state index contributed by atoms with van der Waals surface area (Å²) in [6.45, 7) is 0.814. The summed E-state index contributed by atoms with van der Waals surface area (Å²) >= 11 is 0. The van der Waals surface area contributed by atoms with E-state index in [0.29, 0.717) is 0 Å². The summed E-state index contributed by atoms with van der Waals surface area (Å²) in [6, 6.07) is 5.89. The molecule has 1 aliphatic heterocycles. The second kappa shape index (κ2) is 4.92. The lowest BCUT2D eigenvalue weighted by atomic mass is 10.2. The van der Waals surface area contributed by atoms with Crippen LogP contribution >= 0.6 is 0 Å². The zero-order chi connectivity index (χ0) is 12.3. The van der Waals surface area contributed by atoms with Gasteiger partial charge in [0.1, 0.15) is 5.69 Å². The Morgan fingerprint density at radius 2 is 2.24 bits per heavy atom. The first-order chi connectivity index (χ1) is 8.18. The largest absolute Gasteiger partial charge is 0.319 e. The molecule has 2 N–H and O–H groups in total. The minimum atomic E-state index is -0.502. The summed E-state index contributed by atoms with van der Waals surface area (Å²) in [5.41, 5.74) is 0.162. The quantitative estimate of drug-likeness (QED) is 0.610. The highest BCUT2D eigenvalue weighted by Gasteiger charge is 2.24. The van der Waals surface area contributed by atoms with E-state index in [0.717, 1.165) is 19.4 Å². The fraction of sp³-hybridized carbons (Fsp3) is 0.364. The molecule has 1 aromatic rings. The van der Waals surface area contributed by atoms with Crippen molar-refractivity contribution in [1.82, 2.24) is 5.32 Å². The van der Waals surface area contributed by atoms with Gasteiger partial charge >= 0.3 is 0 Å². The fourth-order valence-electron chi connectivity index (χ4n) is 1.87. The van der Waals surface area contributed by atoms with Gasteiger partial charge in [-0.1, -0.05) is 12.1 Å². The number of benzene rings is 1. The number of rotatable bonds is 3. The Morgan fingerprint density at radius 1 is 1.47 bits per heavy atom. The number of nitro groups is 1. The predicted octanol–water partition coefficient (Wildman–Crippen LogP) is 1.29. The Kier molecular flexibility index (Phi) is 3.34. The van der Waals surface area contributed by atoms with E-state index >= 15 is 0 Å². The minimum Gasteiger partial charge on any atom is -0.319 e. The van der Waals surface area contributed by atoms with Crippen molar-refractivity contribution in [3.63, 3.8) is 0 Å². The van der Waals surface area contributed by atoms with Crippen LogP contribution in [-0.2, 0) is 4.79 Å². The van der Waals surface area contributed by atoms with E-state index in [1.54, 1.807) is 12.1 Å². The summed E-state index contributed by atoms with van der Waals surface area (Å²) in [5.74, 6) is -0.211. The standard InChI is InChI=1S/C11H13N3O3/c15-11(9-5-3-7-12-9)13-8-4-1-2-6-10(8)14(16)17/h1-2,4,6,9,12H,3,5,7H2,(H,13,15)/t9-/m1/s1. The number of hydrogen-bond donors (Lipinski definition) is 2. The van der Waals surface area contributed by atoms with Crippen molar-refractivity contribution in [2.24, 2.45) is 0 Å². The van der Waals surface area contributed by atoms with Crippen LogP contribution < -0.4 is 10.6 Å². The van der Waals surface area contributed by atoms with Crippen molar-refractivity contribution < 1.29 is 9.72 Å². The van der Waals surface area contributed by atoms with Crippen LogP contribution in [0.2, 0.25) is 0 Å². The van der Waals surface area contributed by atoms with Crippen molar-refractivity contribution in [2.75, 3.05) is 11.9 Å². The van der Waals surface area contributed by atoms with Gasteiger partial charge in [-0.15, -0.1) is 0 Å². The molecule has 1 heterocycles. The van der Waals surface area contributed by atoms with Crippen molar-refractivity contribution in [2.45, 2.75) is 18.9 Å². The van der Waals surface area contributed by atoms with Gasteiger partial charge in [-0.3, -0.25) is 14.9 Å². The second-order valence-corrected chi connectivity index (χ2v) is 3.91. The summed E-state index contributed by atoms with van der Waals surface area (Å²) in [4.78, 5) is 22.1. The van der Waals surface area contributed by atoms with Gasteiger partial charge in [-0.05, 0) is 25.5 Å². The Bertz CT molecular complexity index is 441. The van der Waals surface area contributed by atoms with Crippen LogP contribution in [-0.4, -0.2) is 23.4 Å². The highest BCUT2D eigenvalue weighted by atomic mass is 16.6. The monoisotopic (exact) mass is 235 g/mol. The van der Waals surface area contributed by atoms with E-state index in [1.807, 2.05) is 0 Å². The summed E-state index contributed by atoms with van der Waals surface area (Å²) in [5, 5.41) is 16.4. The molecule has 0 bridgehead atoms. The number of carbonyl (C=O) groups is 1. The van der Waals surface area contributed by atoms with Crippen LogP contribution in [0.25, 0.3) is 0 Å². The molecule has 0 radical (unpaired) electrons. The molecule has 0 unspecified atom stereocenters. The Morgan fingerprint density at radius 3 is 2.88 bits per heavy atom. The van der Waals surface area contributed by atoms with Gasteiger partial charge in [0.2, 0.25) is 5.91 Å². The highest BCUT2D eigenvalue weighted by Crippen LogP contribution is 2.23. The van der Waals surface area contributed by atoms with Gasteiger partial charge in [0.25, 0.3) is 5.69 Å². The van der Waals surface area contributed by atoms with Gasteiger partial charge in [0, 0.05) is 6.07 Å². The van der Waals surface area contributed by atoms with E-state index in [9.17, 15) is 14.9 Å². The zero-order valence-electron chi connectivity index (χ0n) is 9.18. The van der Waals surface area contributed by atoms with Gasteiger partial charge in [-0.25, -0.2) is 0 Å². The molecule has 6 heteroatoms. The molecule has 1 saturated heterocycles. The maximum absolute atomic E-state index is 11.8. The van der Waals surface area contributed by atoms with E-state index in [4.69, 9.17) is 0 Å². The molecule has 1 amide bonds. The SMILES string of the molecule is O=C(Nc1ccccc1[N+](=O)[O-])[C@H]1CCCN1. The number of amides is 1.